The summed E-state index contributed by atoms with van der Waals surface area (Å²) in [5, 5.41) is 0. The smallest absolute Gasteiger partial charge is 0.338 e. The van der Waals surface area contributed by atoms with E-state index >= 15 is 0 Å². The minimum atomic E-state index is -3.65. The van der Waals surface area contributed by atoms with E-state index in [2.05, 4.69) is 15.9 Å². The zero-order valence-electron chi connectivity index (χ0n) is 13.0. The molecule has 0 unspecified atom stereocenters. The lowest BCUT2D eigenvalue weighted by atomic mass is 10.2. The van der Waals surface area contributed by atoms with Gasteiger partial charge in [0.15, 0.2) is 0 Å². The van der Waals surface area contributed by atoms with Gasteiger partial charge in [-0.2, -0.15) is 0 Å². The number of carbonyl (C=O) groups is 1. The number of sulfonamides is 1. The zero-order valence-corrected chi connectivity index (χ0v) is 15.4. The van der Waals surface area contributed by atoms with Crippen molar-refractivity contribution in [1.82, 2.24) is 4.31 Å². The van der Waals surface area contributed by atoms with Crippen molar-refractivity contribution < 1.29 is 22.3 Å². The third-order valence-electron chi connectivity index (χ3n) is 3.22. The Hall–Kier alpha value is -1.77. The average molecular weight is 416 g/mol. The Kier molecular flexibility index (Phi) is 5.74. The second-order valence-corrected chi connectivity index (χ2v) is 8.19. The first kappa shape index (κ1) is 18.6. The van der Waals surface area contributed by atoms with Crippen LogP contribution in [-0.2, 0) is 21.4 Å². The number of hydrogen-bond donors (Lipinski definition) is 0. The topological polar surface area (TPSA) is 63.7 Å². The van der Waals surface area contributed by atoms with E-state index in [1.54, 1.807) is 6.07 Å². The lowest BCUT2D eigenvalue weighted by Crippen LogP contribution is -2.22. The van der Waals surface area contributed by atoms with Gasteiger partial charge in [-0.15, -0.1) is 0 Å². The van der Waals surface area contributed by atoms with E-state index in [1.165, 1.54) is 50.5 Å². The van der Waals surface area contributed by atoms with Gasteiger partial charge in [-0.05, 0) is 30.3 Å². The number of benzene rings is 2. The van der Waals surface area contributed by atoms with Crippen LogP contribution >= 0.6 is 15.9 Å². The average Bonchev–Trinajstić information content (AvgIpc) is 2.53. The summed E-state index contributed by atoms with van der Waals surface area (Å²) in [5.41, 5.74) is 0.305. The molecule has 0 saturated heterocycles. The fourth-order valence-corrected chi connectivity index (χ4v) is 3.14. The van der Waals surface area contributed by atoms with E-state index < -0.39 is 21.8 Å². The molecule has 24 heavy (non-hydrogen) atoms. The number of rotatable bonds is 5. The maximum Gasteiger partial charge on any atom is 0.338 e. The molecule has 0 spiro atoms. The molecular weight excluding hydrogens is 401 g/mol. The molecule has 2 rings (SSSR count). The Morgan fingerprint density at radius 3 is 2.54 bits per heavy atom. The van der Waals surface area contributed by atoms with Crippen LogP contribution in [0.3, 0.4) is 0 Å². The highest BCUT2D eigenvalue weighted by Gasteiger charge is 2.19. The summed E-state index contributed by atoms with van der Waals surface area (Å²) >= 11 is 3.14. The quantitative estimate of drug-likeness (QED) is 0.703. The molecule has 2 aromatic carbocycles. The minimum absolute atomic E-state index is 0.0169. The fourth-order valence-electron chi connectivity index (χ4n) is 1.86. The van der Waals surface area contributed by atoms with Gasteiger partial charge in [0.1, 0.15) is 12.4 Å². The number of carbonyl (C=O) groups excluding carboxylic acids is 1. The largest absolute Gasteiger partial charge is 0.457 e. The number of esters is 1. The van der Waals surface area contributed by atoms with Crippen molar-refractivity contribution in [3.8, 4) is 0 Å². The van der Waals surface area contributed by atoms with Crippen LogP contribution in [0, 0.1) is 5.82 Å². The van der Waals surface area contributed by atoms with E-state index in [0.29, 0.717) is 4.47 Å². The molecule has 0 fully saturated rings. The molecule has 0 aliphatic carbocycles. The summed E-state index contributed by atoms with van der Waals surface area (Å²) in [6, 6.07) is 9.92. The van der Waals surface area contributed by atoms with Crippen LogP contribution in [0.1, 0.15) is 15.9 Å². The third-order valence-corrected chi connectivity index (χ3v) is 5.53. The van der Waals surface area contributed by atoms with Crippen molar-refractivity contribution in [2.75, 3.05) is 14.1 Å². The molecule has 8 heteroatoms. The second-order valence-electron chi connectivity index (χ2n) is 5.13. The number of nitrogens with zero attached hydrogens (tertiary/aromatic N) is 1. The molecule has 128 valence electrons. The summed E-state index contributed by atoms with van der Waals surface area (Å²) in [6.07, 6.45) is 0. The fraction of sp³-hybridized carbons (Fsp3) is 0.188. The molecule has 0 heterocycles. The van der Waals surface area contributed by atoms with Crippen molar-refractivity contribution in [1.29, 1.82) is 0 Å². The van der Waals surface area contributed by atoms with Crippen LogP contribution in [0.5, 0.6) is 0 Å². The normalized spacial score (nSPS) is 11.5. The summed E-state index contributed by atoms with van der Waals surface area (Å²) in [6.45, 7) is -0.247. The molecular formula is C16H15BrFNO4S. The zero-order chi connectivity index (χ0) is 17.9. The molecule has 2 aromatic rings. The Morgan fingerprint density at radius 2 is 1.92 bits per heavy atom. The molecule has 0 atom stereocenters. The molecule has 0 aliphatic heterocycles. The Labute approximate surface area is 148 Å². The maximum atomic E-state index is 13.7. The molecule has 0 aliphatic rings. The molecule has 5 nitrogen and oxygen atoms in total. The Morgan fingerprint density at radius 1 is 1.21 bits per heavy atom. The number of ether oxygens (including phenoxy) is 1. The van der Waals surface area contributed by atoms with Crippen LogP contribution in [0.2, 0.25) is 0 Å². The summed E-state index contributed by atoms with van der Waals surface area (Å²) in [7, 11) is -0.852. The Bertz CT molecular complexity index is 868. The lowest BCUT2D eigenvalue weighted by molar-refractivity contribution is 0.0468. The predicted octanol–water partition coefficient (Wildman–Crippen LogP) is 3.20. The van der Waals surface area contributed by atoms with Gasteiger partial charge in [0.25, 0.3) is 0 Å². The summed E-state index contributed by atoms with van der Waals surface area (Å²) < 4.78 is 44.6. The van der Waals surface area contributed by atoms with Gasteiger partial charge in [0.2, 0.25) is 10.0 Å². The van der Waals surface area contributed by atoms with Crippen molar-refractivity contribution >= 4 is 31.9 Å². The Balaban J connectivity index is 2.16. The van der Waals surface area contributed by atoms with Crippen LogP contribution in [-0.4, -0.2) is 32.8 Å². The van der Waals surface area contributed by atoms with Crippen LogP contribution in [0.25, 0.3) is 0 Å². The SMILES string of the molecule is CN(C)S(=O)(=O)c1cccc(C(=O)OCc2ccc(Br)cc2F)c1. The van der Waals surface area contributed by atoms with Gasteiger partial charge in [-0.25, -0.2) is 21.9 Å². The second kappa shape index (κ2) is 7.42. The van der Waals surface area contributed by atoms with Gasteiger partial charge in [0.05, 0.1) is 10.5 Å². The molecule has 0 aromatic heterocycles. The molecule has 0 saturated carbocycles. The van der Waals surface area contributed by atoms with Crippen molar-refractivity contribution in [3.63, 3.8) is 0 Å². The first-order valence-electron chi connectivity index (χ1n) is 6.85. The van der Waals surface area contributed by atoms with Gasteiger partial charge >= 0.3 is 5.97 Å². The van der Waals surface area contributed by atoms with E-state index in [9.17, 15) is 17.6 Å². The van der Waals surface area contributed by atoms with E-state index in [1.807, 2.05) is 0 Å². The van der Waals surface area contributed by atoms with E-state index in [0.717, 1.165) is 4.31 Å². The minimum Gasteiger partial charge on any atom is -0.457 e. The number of halogens is 2. The van der Waals surface area contributed by atoms with Gasteiger partial charge in [0, 0.05) is 24.1 Å². The van der Waals surface area contributed by atoms with Crippen LogP contribution < -0.4 is 0 Å². The first-order valence-corrected chi connectivity index (χ1v) is 9.09. The maximum absolute atomic E-state index is 13.7. The standard InChI is InChI=1S/C16H15BrFNO4S/c1-19(2)24(21,22)14-5-3-4-11(8-14)16(20)23-10-12-6-7-13(17)9-15(12)18/h3-9H,10H2,1-2H3. The van der Waals surface area contributed by atoms with E-state index in [-0.39, 0.29) is 22.6 Å². The molecule has 0 amide bonds. The van der Waals surface area contributed by atoms with Gasteiger partial charge < -0.3 is 4.74 Å². The highest BCUT2D eigenvalue weighted by molar-refractivity contribution is 9.10. The summed E-state index contributed by atoms with van der Waals surface area (Å²) in [4.78, 5) is 12.1. The van der Waals surface area contributed by atoms with Crippen molar-refractivity contribution in [3.05, 3.63) is 63.9 Å². The molecule has 0 N–H and O–H groups in total. The predicted molar refractivity (Wildman–Crippen MR) is 90.5 cm³/mol. The van der Waals surface area contributed by atoms with E-state index in [4.69, 9.17) is 4.74 Å². The lowest BCUT2D eigenvalue weighted by Gasteiger charge is -2.12. The first-order chi connectivity index (χ1) is 11.2. The third kappa shape index (κ3) is 4.19. The molecule has 0 radical (unpaired) electrons. The van der Waals surface area contributed by atoms with Crippen molar-refractivity contribution in [2.24, 2.45) is 0 Å². The highest BCUT2D eigenvalue weighted by atomic mass is 79.9. The van der Waals surface area contributed by atoms with Crippen LogP contribution in [0.4, 0.5) is 4.39 Å². The molecule has 0 bridgehead atoms. The van der Waals surface area contributed by atoms with Crippen LogP contribution in [0.15, 0.2) is 51.8 Å². The highest BCUT2D eigenvalue weighted by Crippen LogP contribution is 2.18. The van der Waals surface area contributed by atoms with Gasteiger partial charge in [-0.1, -0.05) is 28.1 Å². The van der Waals surface area contributed by atoms with Crippen molar-refractivity contribution in [2.45, 2.75) is 11.5 Å². The van der Waals surface area contributed by atoms with Gasteiger partial charge in [-0.3, -0.25) is 0 Å². The number of hydrogen-bond acceptors (Lipinski definition) is 4. The monoisotopic (exact) mass is 415 g/mol. The summed E-state index contributed by atoms with van der Waals surface area (Å²) in [5.74, 6) is -1.23.